The molecule has 0 bridgehead atoms. The van der Waals surface area contributed by atoms with Crippen LogP contribution in [0.25, 0.3) is 10.9 Å². The molecule has 0 aliphatic carbocycles. The molecule has 0 spiro atoms. The van der Waals surface area contributed by atoms with Crippen molar-refractivity contribution in [1.29, 1.82) is 5.26 Å². The molecule has 0 atom stereocenters. The number of halogens is 2. The maximum atomic E-state index is 13.8. The van der Waals surface area contributed by atoms with Crippen molar-refractivity contribution in [3.05, 3.63) is 70.1 Å². The maximum Gasteiger partial charge on any atom is 0.251 e. The number of aromatic nitrogens is 1. The van der Waals surface area contributed by atoms with E-state index in [1.54, 1.807) is 36.5 Å². The summed E-state index contributed by atoms with van der Waals surface area (Å²) in [4.78, 5) is 15.0. The van der Waals surface area contributed by atoms with E-state index in [0.29, 0.717) is 40.0 Å². The Morgan fingerprint density at radius 2 is 2.04 bits per heavy atom. The average molecular weight is 342 g/mol. The molecule has 2 aromatic carbocycles. The number of H-pyrrole nitrogens is 1. The maximum absolute atomic E-state index is 13.8. The number of benzene rings is 2. The smallest absolute Gasteiger partial charge is 0.251 e. The standard InChI is InChI=1S/C18H13ClFN3O/c19-14-7-15-13(10-23-17(15)16(20)8-14)5-6-22-18(24)12-3-1-11(9-21)2-4-12/h1-4,7-8,10,23H,5-6H2,(H,22,24). The van der Waals surface area contributed by atoms with E-state index >= 15 is 0 Å². The Hall–Kier alpha value is -2.84. The summed E-state index contributed by atoms with van der Waals surface area (Å²) in [5.74, 6) is -0.617. The van der Waals surface area contributed by atoms with Gasteiger partial charge >= 0.3 is 0 Å². The number of carbonyl (C=O) groups excluding carboxylic acids is 1. The van der Waals surface area contributed by atoms with Crippen molar-refractivity contribution in [2.24, 2.45) is 0 Å². The van der Waals surface area contributed by atoms with Gasteiger partial charge in [0.25, 0.3) is 5.91 Å². The lowest BCUT2D eigenvalue weighted by atomic mass is 10.1. The second kappa shape index (κ2) is 6.73. The Kier molecular flexibility index (Phi) is 4.50. The highest BCUT2D eigenvalue weighted by Crippen LogP contribution is 2.25. The van der Waals surface area contributed by atoms with Crippen molar-refractivity contribution in [2.75, 3.05) is 6.54 Å². The SMILES string of the molecule is N#Cc1ccc(C(=O)NCCc2c[nH]c3c(F)cc(Cl)cc23)cc1. The fourth-order valence-corrected chi connectivity index (χ4v) is 2.73. The van der Waals surface area contributed by atoms with Crippen LogP contribution in [-0.4, -0.2) is 17.4 Å². The first-order valence-corrected chi connectivity index (χ1v) is 7.69. The van der Waals surface area contributed by atoms with E-state index in [-0.39, 0.29) is 5.91 Å². The Morgan fingerprint density at radius 1 is 1.29 bits per heavy atom. The molecule has 0 aliphatic heterocycles. The topological polar surface area (TPSA) is 68.7 Å². The van der Waals surface area contributed by atoms with Gasteiger partial charge in [-0.15, -0.1) is 0 Å². The normalized spacial score (nSPS) is 10.5. The molecule has 4 nitrogen and oxygen atoms in total. The van der Waals surface area contributed by atoms with Gasteiger partial charge in [-0.05, 0) is 48.4 Å². The van der Waals surface area contributed by atoms with Gasteiger partial charge in [-0.1, -0.05) is 11.6 Å². The molecule has 3 rings (SSSR count). The van der Waals surface area contributed by atoms with E-state index in [1.807, 2.05) is 6.07 Å². The number of hydrogen-bond donors (Lipinski definition) is 2. The minimum atomic E-state index is -0.398. The van der Waals surface area contributed by atoms with Crippen molar-refractivity contribution in [3.63, 3.8) is 0 Å². The molecule has 24 heavy (non-hydrogen) atoms. The number of nitriles is 1. The van der Waals surface area contributed by atoms with Gasteiger partial charge in [-0.25, -0.2) is 4.39 Å². The van der Waals surface area contributed by atoms with E-state index in [9.17, 15) is 9.18 Å². The van der Waals surface area contributed by atoms with Gasteiger partial charge < -0.3 is 10.3 Å². The number of nitrogens with one attached hydrogen (secondary N) is 2. The molecule has 0 saturated heterocycles. The fraction of sp³-hybridized carbons (Fsp3) is 0.111. The zero-order valence-corrected chi connectivity index (χ0v) is 13.3. The summed E-state index contributed by atoms with van der Waals surface area (Å²) in [6, 6.07) is 11.4. The molecular formula is C18H13ClFN3O. The number of carbonyl (C=O) groups is 1. The van der Waals surface area contributed by atoms with Gasteiger partial charge in [0.2, 0.25) is 0 Å². The van der Waals surface area contributed by atoms with Crippen LogP contribution in [0.4, 0.5) is 4.39 Å². The Bertz CT molecular complexity index is 941. The number of fused-ring (bicyclic) bond motifs is 1. The molecule has 0 fully saturated rings. The van der Waals surface area contributed by atoms with Gasteiger partial charge in [-0.2, -0.15) is 5.26 Å². The van der Waals surface area contributed by atoms with Crippen molar-refractivity contribution in [1.82, 2.24) is 10.3 Å². The number of aromatic amines is 1. The fourth-order valence-electron chi connectivity index (χ4n) is 2.53. The molecule has 2 N–H and O–H groups in total. The molecule has 3 aromatic rings. The van der Waals surface area contributed by atoms with E-state index in [2.05, 4.69) is 10.3 Å². The molecule has 0 aliphatic rings. The summed E-state index contributed by atoms with van der Waals surface area (Å²) >= 11 is 5.90. The highest BCUT2D eigenvalue weighted by atomic mass is 35.5. The highest BCUT2D eigenvalue weighted by Gasteiger charge is 2.10. The van der Waals surface area contributed by atoms with Crippen molar-refractivity contribution in [3.8, 4) is 6.07 Å². The van der Waals surface area contributed by atoms with Crippen molar-refractivity contribution < 1.29 is 9.18 Å². The number of amides is 1. The monoisotopic (exact) mass is 341 g/mol. The second-order valence-electron chi connectivity index (χ2n) is 5.32. The van der Waals surface area contributed by atoms with Gasteiger partial charge in [0.15, 0.2) is 0 Å². The summed E-state index contributed by atoms with van der Waals surface area (Å²) in [5.41, 5.74) is 2.28. The molecule has 6 heteroatoms. The third-order valence-corrected chi connectivity index (χ3v) is 3.97. The van der Waals surface area contributed by atoms with Crippen LogP contribution in [-0.2, 0) is 6.42 Å². The lowest BCUT2D eigenvalue weighted by Gasteiger charge is -2.05. The van der Waals surface area contributed by atoms with E-state index in [0.717, 1.165) is 5.56 Å². The van der Waals surface area contributed by atoms with Crippen LogP contribution in [0.3, 0.4) is 0 Å². The first-order chi connectivity index (χ1) is 11.6. The summed E-state index contributed by atoms with van der Waals surface area (Å²) in [6.07, 6.45) is 2.26. The predicted molar refractivity (Wildman–Crippen MR) is 90.5 cm³/mol. The van der Waals surface area contributed by atoms with Gasteiger partial charge in [0.05, 0.1) is 17.1 Å². The molecular weight excluding hydrogens is 329 g/mol. The van der Waals surface area contributed by atoms with Crippen molar-refractivity contribution >= 4 is 28.4 Å². The first-order valence-electron chi connectivity index (χ1n) is 7.32. The minimum absolute atomic E-state index is 0.219. The van der Waals surface area contributed by atoms with Crippen LogP contribution in [0.15, 0.2) is 42.6 Å². The number of nitrogens with zero attached hydrogens (tertiary/aromatic N) is 1. The number of rotatable bonds is 4. The van der Waals surface area contributed by atoms with Gasteiger partial charge in [0.1, 0.15) is 5.82 Å². The van der Waals surface area contributed by atoms with Crippen LogP contribution in [0.5, 0.6) is 0 Å². The molecule has 0 saturated carbocycles. The summed E-state index contributed by atoms with van der Waals surface area (Å²) in [7, 11) is 0. The summed E-state index contributed by atoms with van der Waals surface area (Å²) in [6.45, 7) is 0.403. The quantitative estimate of drug-likeness (QED) is 0.757. The summed E-state index contributed by atoms with van der Waals surface area (Å²) < 4.78 is 13.8. The second-order valence-corrected chi connectivity index (χ2v) is 5.76. The zero-order valence-electron chi connectivity index (χ0n) is 12.6. The average Bonchev–Trinajstić information content (AvgIpc) is 2.98. The lowest BCUT2D eigenvalue weighted by Crippen LogP contribution is -2.25. The molecule has 0 unspecified atom stereocenters. The van der Waals surface area contributed by atoms with Gasteiger partial charge in [0, 0.05) is 28.7 Å². The van der Waals surface area contributed by atoms with Crippen molar-refractivity contribution in [2.45, 2.75) is 6.42 Å². The molecule has 120 valence electrons. The Labute approximate surface area is 142 Å². The molecule has 1 heterocycles. The largest absolute Gasteiger partial charge is 0.359 e. The van der Waals surface area contributed by atoms with E-state index < -0.39 is 5.82 Å². The molecule has 1 aromatic heterocycles. The van der Waals surface area contributed by atoms with Crippen LogP contribution in [0.1, 0.15) is 21.5 Å². The highest BCUT2D eigenvalue weighted by molar-refractivity contribution is 6.31. The minimum Gasteiger partial charge on any atom is -0.359 e. The number of hydrogen-bond acceptors (Lipinski definition) is 2. The third-order valence-electron chi connectivity index (χ3n) is 3.75. The molecule has 0 radical (unpaired) electrons. The predicted octanol–water partition coefficient (Wildman–Crippen LogP) is 3.80. The third kappa shape index (κ3) is 3.24. The van der Waals surface area contributed by atoms with Gasteiger partial charge in [-0.3, -0.25) is 4.79 Å². The zero-order chi connectivity index (χ0) is 17.1. The first kappa shape index (κ1) is 16.0. The van der Waals surface area contributed by atoms with E-state index in [4.69, 9.17) is 16.9 Å². The van der Waals surface area contributed by atoms with Crippen LogP contribution in [0, 0.1) is 17.1 Å². The van der Waals surface area contributed by atoms with Crippen LogP contribution in [0.2, 0.25) is 5.02 Å². The Balaban J connectivity index is 1.66. The lowest BCUT2D eigenvalue weighted by molar-refractivity contribution is 0.0954. The van der Waals surface area contributed by atoms with E-state index in [1.165, 1.54) is 6.07 Å². The Morgan fingerprint density at radius 3 is 2.75 bits per heavy atom. The summed E-state index contributed by atoms with van der Waals surface area (Å²) in [5, 5.41) is 12.6. The van der Waals surface area contributed by atoms with Crippen LogP contribution >= 0.6 is 11.6 Å². The molecule has 1 amide bonds. The van der Waals surface area contributed by atoms with Crippen LogP contribution < -0.4 is 5.32 Å².